The third kappa shape index (κ3) is 4.52. The van der Waals surface area contributed by atoms with E-state index in [0.29, 0.717) is 18.0 Å². The average molecular weight is 501 g/mol. The number of aromatic nitrogens is 2. The number of aromatic amines is 1. The zero-order valence-electron chi connectivity index (χ0n) is 22.4. The fourth-order valence-electron chi connectivity index (χ4n) is 6.64. The summed E-state index contributed by atoms with van der Waals surface area (Å²) in [6.07, 6.45) is 11.3. The molecule has 3 aromatic carbocycles. The van der Waals surface area contributed by atoms with E-state index in [1.165, 1.54) is 76.4 Å². The summed E-state index contributed by atoms with van der Waals surface area (Å²) in [6, 6.07) is 23.6. The second-order valence-corrected chi connectivity index (χ2v) is 11.8. The quantitative estimate of drug-likeness (QED) is 0.291. The van der Waals surface area contributed by atoms with E-state index < -0.39 is 0 Å². The summed E-state index contributed by atoms with van der Waals surface area (Å²) in [5.41, 5.74) is 8.70. The third-order valence-electron chi connectivity index (χ3n) is 8.95. The van der Waals surface area contributed by atoms with Crippen molar-refractivity contribution in [2.75, 3.05) is 0 Å². The van der Waals surface area contributed by atoms with E-state index in [2.05, 4.69) is 91.0 Å². The standard InChI is InChI=1S/C34H36N4/c1-21-3-5-29(15-21)34-36-20-33(38-34)28-13-12-26-16-25(10-11-27(26)17-28)23-6-8-24(9-7-23)30-18-32(35-19-30)31-14-4-22(2)37-31/h6-13,16-17,19-22,29,31,37H,3-5,14-15,18H2,1-2H3,(H,36,38)/t21-,22-,29+,31?/m0/s1. The van der Waals surface area contributed by atoms with Gasteiger partial charge in [-0.1, -0.05) is 55.5 Å². The van der Waals surface area contributed by atoms with Gasteiger partial charge in [0.05, 0.1) is 11.9 Å². The number of aliphatic imine (C=N–C) groups is 1. The molecule has 4 aromatic rings. The summed E-state index contributed by atoms with van der Waals surface area (Å²) >= 11 is 0. The van der Waals surface area contributed by atoms with Crippen molar-refractivity contribution >= 4 is 22.1 Å². The SMILES string of the molecule is C[C@H]1CC[C@@H](c2ncc(-c3ccc4cc(-c5ccc(C6=CN=C(C7CC[C@H](C)N7)C6)cc5)ccc4c3)[nH]2)C1. The highest BCUT2D eigenvalue weighted by molar-refractivity contribution is 6.01. The van der Waals surface area contributed by atoms with E-state index in [1.807, 2.05) is 6.20 Å². The van der Waals surface area contributed by atoms with Crippen LogP contribution in [0.4, 0.5) is 0 Å². The summed E-state index contributed by atoms with van der Waals surface area (Å²) in [6.45, 7) is 4.61. The molecule has 3 heterocycles. The molecule has 1 aliphatic carbocycles. The van der Waals surface area contributed by atoms with Crippen LogP contribution in [-0.2, 0) is 0 Å². The van der Waals surface area contributed by atoms with Gasteiger partial charge in [0.15, 0.2) is 0 Å². The van der Waals surface area contributed by atoms with E-state index in [9.17, 15) is 0 Å². The highest BCUT2D eigenvalue weighted by Gasteiger charge is 2.27. The molecule has 2 fully saturated rings. The predicted molar refractivity (Wildman–Crippen MR) is 158 cm³/mol. The Hall–Kier alpha value is -3.50. The number of benzene rings is 3. The molecule has 1 aromatic heterocycles. The number of H-pyrrole nitrogens is 1. The van der Waals surface area contributed by atoms with Crippen LogP contribution in [0.25, 0.3) is 38.7 Å². The molecule has 4 heteroatoms. The minimum atomic E-state index is 0.447. The highest BCUT2D eigenvalue weighted by atomic mass is 15.0. The first-order valence-corrected chi connectivity index (χ1v) is 14.3. The molecule has 192 valence electrons. The third-order valence-corrected chi connectivity index (χ3v) is 8.95. The lowest BCUT2D eigenvalue weighted by Gasteiger charge is -2.13. The molecule has 4 nitrogen and oxygen atoms in total. The molecule has 0 amide bonds. The molecular weight excluding hydrogens is 464 g/mol. The van der Waals surface area contributed by atoms with Crippen LogP contribution >= 0.6 is 0 Å². The number of imidazole rings is 1. The van der Waals surface area contributed by atoms with E-state index in [-0.39, 0.29) is 0 Å². The molecule has 7 rings (SSSR count). The average Bonchev–Trinajstić information content (AvgIpc) is 3.75. The van der Waals surface area contributed by atoms with Gasteiger partial charge >= 0.3 is 0 Å². The van der Waals surface area contributed by atoms with Crippen molar-refractivity contribution in [1.29, 1.82) is 0 Å². The first-order valence-electron chi connectivity index (χ1n) is 14.3. The maximum absolute atomic E-state index is 4.76. The lowest BCUT2D eigenvalue weighted by molar-refractivity contribution is 0.588. The molecule has 2 N–H and O–H groups in total. The largest absolute Gasteiger partial charge is 0.342 e. The molecule has 0 spiro atoms. The van der Waals surface area contributed by atoms with E-state index >= 15 is 0 Å². The Bertz CT molecular complexity index is 1540. The summed E-state index contributed by atoms with van der Waals surface area (Å²) in [7, 11) is 0. The van der Waals surface area contributed by atoms with Gasteiger partial charge in [0.1, 0.15) is 5.82 Å². The van der Waals surface area contributed by atoms with Crippen LogP contribution in [0.15, 0.2) is 78.1 Å². The van der Waals surface area contributed by atoms with Gasteiger partial charge in [-0.3, -0.25) is 4.99 Å². The normalized spacial score (nSPS) is 25.2. The van der Waals surface area contributed by atoms with E-state index in [0.717, 1.165) is 23.9 Å². The van der Waals surface area contributed by atoms with Crippen molar-refractivity contribution in [3.8, 4) is 22.4 Å². The minimum absolute atomic E-state index is 0.447. The van der Waals surface area contributed by atoms with Crippen molar-refractivity contribution in [3.63, 3.8) is 0 Å². The first kappa shape index (κ1) is 23.6. The lowest BCUT2D eigenvalue weighted by Crippen LogP contribution is -2.33. The summed E-state index contributed by atoms with van der Waals surface area (Å²) in [4.78, 5) is 13.1. The smallest absolute Gasteiger partial charge is 0.109 e. The number of nitrogens with zero attached hydrogens (tertiary/aromatic N) is 2. The van der Waals surface area contributed by atoms with Crippen LogP contribution < -0.4 is 5.32 Å². The molecule has 1 saturated heterocycles. The van der Waals surface area contributed by atoms with Crippen LogP contribution in [0.5, 0.6) is 0 Å². The predicted octanol–water partition coefficient (Wildman–Crippen LogP) is 8.13. The van der Waals surface area contributed by atoms with Crippen molar-refractivity contribution in [3.05, 3.63) is 84.4 Å². The van der Waals surface area contributed by atoms with Gasteiger partial charge in [-0.15, -0.1) is 0 Å². The van der Waals surface area contributed by atoms with Gasteiger partial charge in [-0.25, -0.2) is 4.98 Å². The summed E-state index contributed by atoms with van der Waals surface area (Å²) < 4.78 is 0. The minimum Gasteiger partial charge on any atom is -0.342 e. The summed E-state index contributed by atoms with van der Waals surface area (Å²) in [5.74, 6) is 2.55. The molecular formula is C34H36N4. The Morgan fingerprint density at radius 2 is 1.50 bits per heavy atom. The van der Waals surface area contributed by atoms with Crippen LogP contribution in [0.3, 0.4) is 0 Å². The van der Waals surface area contributed by atoms with Gasteiger partial charge in [0.2, 0.25) is 0 Å². The van der Waals surface area contributed by atoms with E-state index in [1.54, 1.807) is 0 Å². The van der Waals surface area contributed by atoms with E-state index in [4.69, 9.17) is 9.98 Å². The van der Waals surface area contributed by atoms with Crippen molar-refractivity contribution < 1.29 is 0 Å². The maximum Gasteiger partial charge on any atom is 0.109 e. The second kappa shape index (κ2) is 9.67. The highest BCUT2D eigenvalue weighted by Crippen LogP contribution is 2.37. The van der Waals surface area contributed by atoms with Gasteiger partial charge in [0.25, 0.3) is 0 Å². The zero-order chi connectivity index (χ0) is 25.6. The molecule has 0 bridgehead atoms. The first-order chi connectivity index (χ1) is 18.6. The fraction of sp³-hybridized carbons (Fsp3) is 0.353. The van der Waals surface area contributed by atoms with Crippen molar-refractivity contribution in [2.24, 2.45) is 10.9 Å². The lowest BCUT2D eigenvalue weighted by atomic mass is 9.95. The zero-order valence-corrected chi connectivity index (χ0v) is 22.4. The molecule has 4 atom stereocenters. The number of nitrogens with one attached hydrogen (secondary N) is 2. The van der Waals surface area contributed by atoms with Crippen LogP contribution in [-0.4, -0.2) is 27.8 Å². The number of fused-ring (bicyclic) bond motifs is 1. The van der Waals surface area contributed by atoms with Crippen LogP contribution in [0, 0.1) is 5.92 Å². The van der Waals surface area contributed by atoms with Crippen LogP contribution in [0.1, 0.15) is 69.7 Å². The molecule has 3 aliphatic rings. The van der Waals surface area contributed by atoms with Gasteiger partial charge in [-0.2, -0.15) is 0 Å². The number of allylic oxidation sites excluding steroid dienone is 1. The maximum atomic E-state index is 4.76. The molecule has 1 unspecified atom stereocenters. The Morgan fingerprint density at radius 3 is 2.24 bits per heavy atom. The second-order valence-electron chi connectivity index (χ2n) is 11.8. The van der Waals surface area contributed by atoms with Gasteiger partial charge in [-0.05, 0) is 90.1 Å². The summed E-state index contributed by atoms with van der Waals surface area (Å²) in [5, 5.41) is 6.18. The molecule has 2 aliphatic heterocycles. The van der Waals surface area contributed by atoms with Crippen molar-refractivity contribution in [2.45, 2.75) is 70.4 Å². The Balaban J connectivity index is 1.06. The number of hydrogen-bond donors (Lipinski definition) is 2. The van der Waals surface area contributed by atoms with Gasteiger partial charge in [0, 0.05) is 41.9 Å². The van der Waals surface area contributed by atoms with Crippen LogP contribution in [0.2, 0.25) is 0 Å². The molecule has 1 saturated carbocycles. The topological polar surface area (TPSA) is 53.1 Å². The Labute approximate surface area is 225 Å². The Morgan fingerprint density at radius 1 is 0.763 bits per heavy atom. The monoisotopic (exact) mass is 500 g/mol. The molecule has 0 radical (unpaired) electrons. The Kier molecular flexibility index (Phi) is 6.01. The molecule has 38 heavy (non-hydrogen) atoms. The number of rotatable bonds is 5. The van der Waals surface area contributed by atoms with Gasteiger partial charge < -0.3 is 10.3 Å². The number of hydrogen-bond acceptors (Lipinski definition) is 3. The fourth-order valence-corrected chi connectivity index (χ4v) is 6.64. The van der Waals surface area contributed by atoms with Crippen molar-refractivity contribution in [1.82, 2.24) is 15.3 Å².